The molecular weight excluding hydrogens is 224 g/mol. The van der Waals surface area contributed by atoms with Gasteiger partial charge in [0.1, 0.15) is 5.54 Å². The van der Waals surface area contributed by atoms with Gasteiger partial charge in [0, 0.05) is 13.6 Å². The number of hydrogen-bond acceptors (Lipinski definition) is 3. The molecule has 0 aromatic rings. The van der Waals surface area contributed by atoms with Crippen molar-refractivity contribution >= 4 is 12.0 Å². The standard InChI is InChI=1S/C11H20N2O4/c1-13(7-8-14)10(17)12-11(9(15)16)5-3-2-4-6-11/h14H,2-8H2,1H3,(H,12,17)(H,15,16). The molecule has 2 amide bonds. The highest BCUT2D eigenvalue weighted by Gasteiger charge is 2.41. The summed E-state index contributed by atoms with van der Waals surface area (Å²) in [6, 6.07) is -0.441. The van der Waals surface area contributed by atoms with Gasteiger partial charge in [0.05, 0.1) is 6.61 Å². The Labute approximate surface area is 101 Å². The van der Waals surface area contributed by atoms with Gasteiger partial charge in [-0.2, -0.15) is 0 Å². The second-order valence-electron chi connectivity index (χ2n) is 4.52. The minimum absolute atomic E-state index is 0.135. The molecule has 0 aliphatic heterocycles. The van der Waals surface area contributed by atoms with Crippen molar-refractivity contribution in [1.82, 2.24) is 10.2 Å². The summed E-state index contributed by atoms with van der Waals surface area (Å²) in [6.45, 7) is 0.0610. The fraction of sp³-hybridized carbons (Fsp3) is 0.818. The lowest BCUT2D eigenvalue weighted by Crippen LogP contribution is -2.58. The molecule has 0 spiro atoms. The maximum atomic E-state index is 11.8. The molecule has 0 saturated heterocycles. The number of amides is 2. The average molecular weight is 244 g/mol. The predicted octanol–water partition coefficient (Wildman–Crippen LogP) is 0.408. The van der Waals surface area contributed by atoms with Crippen LogP contribution in [0.5, 0.6) is 0 Å². The van der Waals surface area contributed by atoms with Crippen LogP contribution in [0.1, 0.15) is 32.1 Å². The number of urea groups is 1. The lowest BCUT2D eigenvalue weighted by Gasteiger charge is -2.35. The van der Waals surface area contributed by atoms with Crippen molar-refractivity contribution in [3.05, 3.63) is 0 Å². The first-order valence-electron chi connectivity index (χ1n) is 5.89. The highest BCUT2D eigenvalue weighted by molar-refractivity contribution is 5.86. The molecule has 0 aromatic carbocycles. The fourth-order valence-corrected chi connectivity index (χ4v) is 2.10. The summed E-state index contributed by atoms with van der Waals surface area (Å²) in [5.74, 6) is -0.969. The van der Waals surface area contributed by atoms with Crippen LogP contribution < -0.4 is 5.32 Å². The smallest absolute Gasteiger partial charge is 0.329 e. The SMILES string of the molecule is CN(CCO)C(=O)NC1(C(=O)O)CCCCC1. The molecule has 6 heteroatoms. The maximum Gasteiger partial charge on any atom is 0.329 e. The zero-order valence-electron chi connectivity index (χ0n) is 10.1. The number of aliphatic carboxylic acids is 1. The van der Waals surface area contributed by atoms with Crippen LogP contribution in [0.15, 0.2) is 0 Å². The molecule has 1 fully saturated rings. The third-order valence-corrected chi connectivity index (χ3v) is 3.24. The number of carboxylic acids is 1. The molecule has 0 atom stereocenters. The quantitative estimate of drug-likeness (QED) is 0.668. The van der Waals surface area contributed by atoms with E-state index in [9.17, 15) is 14.7 Å². The van der Waals surface area contributed by atoms with Crippen LogP contribution >= 0.6 is 0 Å². The minimum atomic E-state index is -1.13. The van der Waals surface area contributed by atoms with Gasteiger partial charge < -0.3 is 20.4 Å². The summed E-state index contributed by atoms with van der Waals surface area (Å²) >= 11 is 0. The molecule has 98 valence electrons. The van der Waals surface area contributed by atoms with E-state index >= 15 is 0 Å². The Morgan fingerprint density at radius 2 is 1.88 bits per heavy atom. The summed E-state index contributed by atoms with van der Waals surface area (Å²) in [4.78, 5) is 24.4. The molecule has 6 nitrogen and oxygen atoms in total. The van der Waals surface area contributed by atoms with E-state index in [1.807, 2.05) is 0 Å². The van der Waals surface area contributed by atoms with E-state index in [0.29, 0.717) is 12.8 Å². The van der Waals surface area contributed by atoms with Gasteiger partial charge in [-0.25, -0.2) is 9.59 Å². The Kier molecular flexibility index (Phi) is 4.74. The van der Waals surface area contributed by atoms with Gasteiger partial charge in [-0.1, -0.05) is 19.3 Å². The van der Waals surface area contributed by atoms with Gasteiger partial charge in [-0.15, -0.1) is 0 Å². The van der Waals surface area contributed by atoms with Crippen LogP contribution in [-0.4, -0.2) is 52.9 Å². The number of carbonyl (C=O) groups is 2. The number of nitrogens with zero attached hydrogens (tertiary/aromatic N) is 1. The highest BCUT2D eigenvalue weighted by atomic mass is 16.4. The van der Waals surface area contributed by atoms with Crippen molar-refractivity contribution in [3.63, 3.8) is 0 Å². The number of likely N-dealkylation sites (N-methyl/N-ethyl adjacent to an activating group) is 1. The van der Waals surface area contributed by atoms with Crippen LogP contribution in [0.25, 0.3) is 0 Å². The van der Waals surface area contributed by atoms with E-state index in [2.05, 4.69) is 5.32 Å². The summed E-state index contributed by atoms with van der Waals surface area (Å²) in [5, 5.41) is 20.6. The molecule has 3 N–H and O–H groups in total. The third kappa shape index (κ3) is 3.33. The van der Waals surface area contributed by atoms with E-state index in [0.717, 1.165) is 19.3 Å². The highest BCUT2D eigenvalue weighted by Crippen LogP contribution is 2.28. The van der Waals surface area contributed by atoms with Gasteiger partial charge in [0.25, 0.3) is 0 Å². The number of nitrogens with one attached hydrogen (secondary N) is 1. The van der Waals surface area contributed by atoms with Crippen molar-refractivity contribution in [2.24, 2.45) is 0 Å². The minimum Gasteiger partial charge on any atom is -0.480 e. The van der Waals surface area contributed by atoms with Gasteiger partial charge in [0.2, 0.25) is 0 Å². The first-order chi connectivity index (χ1) is 8.02. The molecule has 0 bridgehead atoms. The second-order valence-corrected chi connectivity index (χ2v) is 4.52. The topological polar surface area (TPSA) is 89.9 Å². The summed E-state index contributed by atoms with van der Waals surface area (Å²) in [5.41, 5.74) is -1.13. The van der Waals surface area contributed by atoms with Gasteiger partial charge >= 0.3 is 12.0 Å². The van der Waals surface area contributed by atoms with Crippen LogP contribution in [0.3, 0.4) is 0 Å². The lowest BCUT2D eigenvalue weighted by atomic mass is 9.82. The molecule has 1 aliphatic carbocycles. The molecule has 1 aliphatic rings. The predicted molar refractivity (Wildman–Crippen MR) is 61.7 cm³/mol. The molecule has 0 aromatic heterocycles. The number of aliphatic hydroxyl groups is 1. The van der Waals surface area contributed by atoms with E-state index in [1.54, 1.807) is 0 Å². The van der Waals surface area contributed by atoms with Crippen LogP contribution in [-0.2, 0) is 4.79 Å². The Balaban J connectivity index is 2.66. The van der Waals surface area contributed by atoms with E-state index in [1.165, 1.54) is 11.9 Å². The zero-order chi connectivity index (χ0) is 12.9. The summed E-state index contributed by atoms with van der Waals surface area (Å²) in [6.07, 6.45) is 3.59. The monoisotopic (exact) mass is 244 g/mol. The lowest BCUT2D eigenvalue weighted by molar-refractivity contribution is -0.145. The van der Waals surface area contributed by atoms with Crippen LogP contribution in [0, 0.1) is 0 Å². The second kappa shape index (κ2) is 5.86. The number of carboxylic acid groups (broad SMARTS) is 1. The summed E-state index contributed by atoms with van der Waals surface area (Å²) in [7, 11) is 1.53. The normalized spacial score (nSPS) is 18.5. The number of carbonyl (C=O) groups excluding carboxylic acids is 1. The number of aliphatic hydroxyl groups excluding tert-OH is 1. The van der Waals surface area contributed by atoms with Crippen molar-refractivity contribution in [2.75, 3.05) is 20.2 Å². The Hall–Kier alpha value is -1.30. The largest absolute Gasteiger partial charge is 0.480 e. The Bertz CT molecular complexity index is 287. The van der Waals surface area contributed by atoms with Gasteiger partial charge in [-0.3, -0.25) is 0 Å². The van der Waals surface area contributed by atoms with Crippen molar-refractivity contribution in [3.8, 4) is 0 Å². The van der Waals surface area contributed by atoms with E-state index in [-0.39, 0.29) is 13.2 Å². The zero-order valence-corrected chi connectivity index (χ0v) is 10.1. The molecule has 1 saturated carbocycles. The molecule has 1 rings (SSSR count). The van der Waals surface area contributed by atoms with Gasteiger partial charge in [-0.05, 0) is 12.8 Å². The van der Waals surface area contributed by atoms with Crippen molar-refractivity contribution in [2.45, 2.75) is 37.6 Å². The molecule has 0 unspecified atom stereocenters. The maximum absolute atomic E-state index is 11.8. The number of hydrogen-bond donors (Lipinski definition) is 3. The first kappa shape index (κ1) is 13.8. The molecule has 0 radical (unpaired) electrons. The molecule has 17 heavy (non-hydrogen) atoms. The van der Waals surface area contributed by atoms with Crippen LogP contribution in [0.4, 0.5) is 4.79 Å². The van der Waals surface area contributed by atoms with E-state index in [4.69, 9.17) is 5.11 Å². The Morgan fingerprint density at radius 3 is 2.35 bits per heavy atom. The molecular formula is C11H20N2O4. The third-order valence-electron chi connectivity index (χ3n) is 3.24. The molecule has 0 heterocycles. The van der Waals surface area contributed by atoms with Crippen molar-refractivity contribution < 1.29 is 19.8 Å². The average Bonchev–Trinajstić information content (AvgIpc) is 2.30. The Morgan fingerprint density at radius 1 is 1.29 bits per heavy atom. The van der Waals surface area contributed by atoms with Crippen molar-refractivity contribution in [1.29, 1.82) is 0 Å². The fourth-order valence-electron chi connectivity index (χ4n) is 2.10. The first-order valence-corrected chi connectivity index (χ1v) is 5.89. The number of rotatable bonds is 4. The van der Waals surface area contributed by atoms with Gasteiger partial charge in [0.15, 0.2) is 0 Å². The summed E-state index contributed by atoms with van der Waals surface area (Å²) < 4.78 is 0. The van der Waals surface area contributed by atoms with Crippen LogP contribution in [0.2, 0.25) is 0 Å². The van der Waals surface area contributed by atoms with E-state index < -0.39 is 17.5 Å².